The van der Waals surface area contributed by atoms with Crippen LogP contribution in [0, 0.1) is 0 Å². The quantitative estimate of drug-likeness (QED) is 0.784. The highest BCUT2D eigenvalue weighted by molar-refractivity contribution is 6.33. The number of pyridine rings is 1. The van der Waals surface area contributed by atoms with Gasteiger partial charge >= 0.3 is 0 Å². The van der Waals surface area contributed by atoms with E-state index in [9.17, 15) is 4.79 Å². The molecule has 0 N–H and O–H groups in total. The van der Waals surface area contributed by atoms with Crippen LogP contribution < -0.4 is 0 Å². The highest BCUT2D eigenvalue weighted by Crippen LogP contribution is 2.16. The molecule has 2 nitrogen and oxygen atoms in total. The summed E-state index contributed by atoms with van der Waals surface area (Å²) in [5, 5.41) is 0.410. The maximum atomic E-state index is 12.1. The van der Waals surface area contributed by atoms with Gasteiger partial charge in [0.25, 0.3) is 0 Å². The molecule has 1 aromatic carbocycles. The minimum absolute atomic E-state index is 0.0200. The van der Waals surface area contributed by atoms with E-state index in [2.05, 4.69) is 24.0 Å². The van der Waals surface area contributed by atoms with Crippen molar-refractivity contribution in [2.24, 2.45) is 0 Å². The molecule has 0 aliphatic rings. The lowest BCUT2D eigenvalue weighted by molar-refractivity contribution is 0.0993. The van der Waals surface area contributed by atoms with Gasteiger partial charge in [-0.05, 0) is 23.6 Å². The van der Waals surface area contributed by atoms with Crippen LogP contribution >= 0.6 is 11.6 Å². The summed E-state index contributed by atoms with van der Waals surface area (Å²) >= 11 is 5.95. The van der Waals surface area contributed by atoms with Gasteiger partial charge in [-0.2, -0.15) is 0 Å². The number of carbonyl (C=O) groups excluding carboxylic acids is 1. The maximum Gasteiger partial charge on any atom is 0.168 e. The van der Waals surface area contributed by atoms with Crippen molar-refractivity contribution in [1.82, 2.24) is 4.98 Å². The fraction of sp³-hybridized carbons (Fsp3) is 0.200. The molecule has 0 fully saturated rings. The number of aryl methyl sites for hydroxylation is 1. The summed E-state index contributed by atoms with van der Waals surface area (Å²) < 4.78 is 0. The topological polar surface area (TPSA) is 30.0 Å². The Balaban J connectivity index is 2.14. The molecule has 0 aliphatic carbocycles. The van der Waals surface area contributed by atoms with E-state index in [-0.39, 0.29) is 5.78 Å². The minimum Gasteiger partial charge on any atom is -0.294 e. The highest BCUT2D eigenvalue weighted by Gasteiger charge is 2.10. The molecular formula is C15H14ClNO. The van der Waals surface area contributed by atoms with Crippen molar-refractivity contribution in [3.8, 4) is 0 Å². The predicted octanol–water partition coefficient (Wildman–Crippen LogP) is 3.72. The van der Waals surface area contributed by atoms with Crippen LogP contribution in [-0.2, 0) is 12.8 Å². The number of ketones is 1. The molecule has 0 saturated carbocycles. The Hall–Kier alpha value is -1.67. The molecule has 0 unspecified atom stereocenters. The summed E-state index contributed by atoms with van der Waals surface area (Å²) in [6, 6.07) is 9.75. The van der Waals surface area contributed by atoms with E-state index < -0.39 is 0 Å². The van der Waals surface area contributed by atoms with Gasteiger partial charge < -0.3 is 0 Å². The third kappa shape index (κ3) is 2.96. The van der Waals surface area contributed by atoms with Gasteiger partial charge in [-0.15, -0.1) is 0 Å². The van der Waals surface area contributed by atoms with E-state index in [0.29, 0.717) is 17.0 Å². The fourth-order valence-corrected chi connectivity index (χ4v) is 2.00. The van der Waals surface area contributed by atoms with Gasteiger partial charge in [0, 0.05) is 24.4 Å². The lowest BCUT2D eigenvalue weighted by Gasteiger charge is -2.04. The number of Topliss-reactive ketones (excluding diaryl/α,β-unsaturated/α-hetero) is 1. The lowest BCUT2D eigenvalue weighted by Crippen LogP contribution is -2.04. The van der Waals surface area contributed by atoms with E-state index in [0.717, 1.165) is 12.0 Å². The summed E-state index contributed by atoms with van der Waals surface area (Å²) in [5.41, 5.74) is 2.81. The molecule has 0 aliphatic heterocycles. The molecule has 92 valence electrons. The molecule has 0 spiro atoms. The second-order valence-corrected chi connectivity index (χ2v) is 4.53. The first-order valence-corrected chi connectivity index (χ1v) is 6.29. The number of hydrogen-bond acceptors (Lipinski definition) is 2. The first-order valence-electron chi connectivity index (χ1n) is 5.91. The molecule has 2 aromatic rings. The van der Waals surface area contributed by atoms with Gasteiger partial charge in [-0.3, -0.25) is 9.78 Å². The predicted molar refractivity (Wildman–Crippen MR) is 73.1 cm³/mol. The Morgan fingerprint density at radius 3 is 2.44 bits per heavy atom. The summed E-state index contributed by atoms with van der Waals surface area (Å²) in [7, 11) is 0. The Bertz CT molecular complexity index is 549. The van der Waals surface area contributed by atoms with Crippen molar-refractivity contribution in [2.75, 3.05) is 0 Å². The van der Waals surface area contributed by atoms with E-state index in [4.69, 9.17) is 11.6 Å². The number of nitrogens with zero attached hydrogens (tertiary/aromatic N) is 1. The molecule has 0 bridgehead atoms. The van der Waals surface area contributed by atoms with Crippen LogP contribution in [0.3, 0.4) is 0 Å². The van der Waals surface area contributed by atoms with Gasteiger partial charge in [-0.25, -0.2) is 0 Å². The van der Waals surface area contributed by atoms with Gasteiger partial charge in [0.2, 0.25) is 0 Å². The zero-order valence-electron chi connectivity index (χ0n) is 10.2. The van der Waals surface area contributed by atoms with Crippen LogP contribution in [0.15, 0.2) is 42.7 Å². The normalized spacial score (nSPS) is 10.3. The Labute approximate surface area is 112 Å². The van der Waals surface area contributed by atoms with Crippen LogP contribution in [0.25, 0.3) is 0 Å². The SMILES string of the molecule is CCc1ccc(CC(=O)c2ccncc2Cl)cc1. The van der Waals surface area contributed by atoms with Gasteiger partial charge in [0.15, 0.2) is 5.78 Å². The molecule has 1 heterocycles. The first-order chi connectivity index (χ1) is 8.70. The number of carbonyl (C=O) groups is 1. The van der Waals surface area contributed by atoms with E-state index in [1.54, 1.807) is 12.3 Å². The van der Waals surface area contributed by atoms with Gasteiger partial charge in [-0.1, -0.05) is 42.8 Å². The number of halogens is 1. The molecule has 0 amide bonds. The van der Waals surface area contributed by atoms with Gasteiger partial charge in [0.05, 0.1) is 5.02 Å². The summed E-state index contributed by atoms with van der Waals surface area (Å²) in [5.74, 6) is 0.0200. The fourth-order valence-electron chi connectivity index (χ4n) is 1.77. The smallest absolute Gasteiger partial charge is 0.168 e. The van der Waals surface area contributed by atoms with Crippen LogP contribution in [0.2, 0.25) is 5.02 Å². The zero-order chi connectivity index (χ0) is 13.0. The van der Waals surface area contributed by atoms with Crippen LogP contribution in [0.5, 0.6) is 0 Å². The molecule has 18 heavy (non-hydrogen) atoms. The van der Waals surface area contributed by atoms with Crippen LogP contribution in [-0.4, -0.2) is 10.8 Å². The first kappa shape index (κ1) is 12.8. The average molecular weight is 260 g/mol. The molecule has 0 atom stereocenters. The molecule has 1 aromatic heterocycles. The van der Waals surface area contributed by atoms with Crippen LogP contribution in [0.1, 0.15) is 28.4 Å². The van der Waals surface area contributed by atoms with Crippen molar-refractivity contribution in [1.29, 1.82) is 0 Å². The number of aromatic nitrogens is 1. The second-order valence-electron chi connectivity index (χ2n) is 4.13. The van der Waals surface area contributed by atoms with Crippen molar-refractivity contribution in [3.05, 3.63) is 64.4 Å². The van der Waals surface area contributed by atoms with E-state index >= 15 is 0 Å². The molecule has 2 rings (SSSR count). The largest absolute Gasteiger partial charge is 0.294 e. The monoisotopic (exact) mass is 259 g/mol. The Morgan fingerprint density at radius 1 is 1.17 bits per heavy atom. The number of hydrogen-bond donors (Lipinski definition) is 0. The van der Waals surface area contributed by atoms with Crippen molar-refractivity contribution in [2.45, 2.75) is 19.8 Å². The highest BCUT2D eigenvalue weighted by atomic mass is 35.5. The minimum atomic E-state index is 0.0200. The second kappa shape index (κ2) is 5.78. The third-order valence-corrected chi connectivity index (χ3v) is 3.17. The summed E-state index contributed by atoms with van der Waals surface area (Å²) in [6.45, 7) is 2.11. The zero-order valence-corrected chi connectivity index (χ0v) is 10.9. The van der Waals surface area contributed by atoms with E-state index in [1.165, 1.54) is 11.8 Å². The van der Waals surface area contributed by atoms with Crippen molar-refractivity contribution < 1.29 is 4.79 Å². The maximum absolute atomic E-state index is 12.1. The third-order valence-electron chi connectivity index (χ3n) is 2.87. The average Bonchev–Trinajstić information content (AvgIpc) is 2.40. The number of benzene rings is 1. The molecule has 3 heteroatoms. The molecule has 0 saturated heterocycles. The Morgan fingerprint density at radius 2 is 1.83 bits per heavy atom. The molecular weight excluding hydrogens is 246 g/mol. The lowest BCUT2D eigenvalue weighted by atomic mass is 10.0. The van der Waals surface area contributed by atoms with Crippen LogP contribution in [0.4, 0.5) is 0 Å². The summed E-state index contributed by atoms with van der Waals surface area (Å²) in [6.07, 6.45) is 4.45. The van der Waals surface area contributed by atoms with E-state index in [1.807, 2.05) is 12.1 Å². The Kier molecular flexibility index (Phi) is 4.11. The van der Waals surface area contributed by atoms with Crippen molar-refractivity contribution >= 4 is 17.4 Å². The molecule has 0 radical (unpaired) electrons. The summed E-state index contributed by atoms with van der Waals surface area (Å²) in [4.78, 5) is 16.0. The van der Waals surface area contributed by atoms with Crippen molar-refractivity contribution in [3.63, 3.8) is 0 Å². The standard InChI is InChI=1S/C15H14ClNO/c1-2-11-3-5-12(6-4-11)9-15(18)13-7-8-17-10-14(13)16/h3-8,10H,2,9H2,1H3. The number of rotatable bonds is 4. The van der Waals surface area contributed by atoms with Gasteiger partial charge in [0.1, 0.15) is 0 Å².